The molecule has 0 radical (unpaired) electrons. The zero-order chi connectivity index (χ0) is 28.7. The number of allylic oxidation sites excluding steroid dienone is 1. The van der Waals surface area contributed by atoms with Gasteiger partial charge in [-0.05, 0) is 72.2 Å². The van der Waals surface area contributed by atoms with Crippen molar-refractivity contribution in [3.8, 4) is 0 Å². The van der Waals surface area contributed by atoms with E-state index in [1.54, 1.807) is 0 Å². The Kier molecular flexibility index (Phi) is 7.12. The van der Waals surface area contributed by atoms with Crippen LogP contribution >= 0.6 is 0 Å². The fourth-order valence-electron chi connectivity index (χ4n) is 9.37. The number of carboxylic acid groups (broad SMARTS) is 1. The van der Waals surface area contributed by atoms with Crippen LogP contribution in [0.4, 0.5) is 0 Å². The van der Waals surface area contributed by atoms with Crippen LogP contribution in [0.2, 0.25) is 0 Å². The number of carboxylic acids is 1. The van der Waals surface area contributed by atoms with Gasteiger partial charge in [-0.3, -0.25) is 14.4 Å². The molecule has 4 aliphatic rings. The molecule has 2 fully saturated rings. The van der Waals surface area contributed by atoms with E-state index in [0.717, 1.165) is 0 Å². The summed E-state index contributed by atoms with van der Waals surface area (Å²) in [6.07, 6.45) is -1.84. The van der Waals surface area contributed by atoms with Gasteiger partial charge in [0.05, 0.1) is 24.2 Å². The number of rotatable bonds is 6. The van der Waals surface area contributed by atoms with Crippen LogP contribution in [0.25, 0.3) is 0 Å². The third-order valence-electron chi connectivity index (χ3n) is 12.0. The van der Waals surface area contributed by atoms with E-state index in [1.165, 1.54) is 6.92 Å². The molecule has 0 amide bonds. The van der Waals surface area contributed by atoms with Crippen LogP contribution in [0, 0.1) is 45.3 Å². The normalized spacial score (nSPS) is 44.5. The molecule has 38 heavy (non-hydrogen) atoms. The Bertz CT molecular complexity index is 1060. The molecule has 2 saturated carbocycles. The Labute approximate surface area is 225 Å². The highest BCUT2D eigenvalue weighted by atomic mass is 16.4. The van der Waals surface area contributed by atoms with Crippen LogP contribution in [0.5, 0.6) is 0 Å². The molecule has 5 N–H and O–H groups in total. The average Bonchev–Trinajstić information content (AvgIpc) is 3.03. The molecule has 8 nitrogen and oxygen atoms in total. The van der Waals surface area contributed by atoms with Gasteiger partial charge in [-0.2, -0.15) is 0 Å². The van der Waals surface area contributed by atoms with E-state index in [2.05, 4.69) is 6.92 Å². The number of carbonyl (C=O) groups excluding carboxylic acids is 2. The SMILES string of the molecule is CC(C(=O)O)C(O)C(=O)C[C@@H](C)[C@H]1C[C@H](O)[C@@]2(C)C3=C(C(=O)C[C@]12C)[C@@]1(C)CC[C@H](O)C(C)(C)[C@@H]1C[C@@H]3O. The summed E-state index contributed by atoms with van der Waals surface area (Å²) in [6, 6.07) is 0. The predicted octanol–water partition coefficient (Wildman–Crippen LogP) is 2.89. The van der Waals surface area contributed by atoms with Crippen LogP contribution in [0.1, 0.15) is 87.0 Å². The van der Waals surface area contributed by atoms with Gasteiger partial charge in [0.15, 0.2) is 11.6 Å². The van der Waals surface area contributed by atoms with E-state index in [1.807, 2.05) is 34.6 Å². The summed E-state index contributed by atoms with van der Waals surface area (Å²) < 4.78 is 0. The maximum atomic E-state index is 14.1. The molecule has 214 valence electrons. The number of Topliss-reactive ketones (excluding diaryl/α,β-unsaturated/α-hetero) is 2. The molecule has 0 spiro atoms. The number of fused-ring (bicyclic) bond motifs is 4. The Balaban J connectivity index is 1.74. The van der Waals surface area contributed by atoms with Crippen molar-refractivity contribution in [3.63, 3.8) is 0 Å². The van der Waals surface area contributed by atoms with Crippen LogP contribution in [-0.2, 0) is 14.4 Å². The maximum Gasteiger partial charge on any atom is 0.309 e. The van der Waals surface area contributed by atoms with Crippen LogP contribution in [0.3, 0.4) is 0 Å². The van der Waals surface area contributed by atoms with E-state index >= 15 is 0 Å². The van der Waals surface area contributed by atoms with E-state index in [-0.39, 0.29) is 36.4 Å². The summed E-state index contributed by atoms with van der Waals surface area (Å²) in [5, 5.41) is 53.6. The average molecular weight is 535 g/mol. The lowest BCUT2D eigenvalue weighted by molar-refractivity contribution is -0.150. The second kappa shape index (κ2) is 9.22. The van der Waals surface area contributed by atoms with Crippen molar-refractivity contribution in [1.29, 1.82) is 0 Å². The van der Waals surface area contributed by atoms with E-state index < -0.39 is 63.7 Å². The minimum Gasteiger partial charge on any atom is -0.481 e. The monoisotopic (exact) mass is 534 g/mol. The molecule has 0 aliphatic heterocycles. The Morgan fingerprint density at radius 1 is 1.00 bits per heavy atom. The number of aliphatic hydroxyl groups is 4. The topological polar surface area (TPSA) is 152 Å². The summed E-state index contributed by atoms with van der Waals surface area (Å²) >= 11 is 0. The van der Waals surface area contributed by atoms with Gasteiger partial charge in [0, 0.05) is 23.8 Å². The number of hydrogen-bond acceptors (Lipinski definition) is 7. The summed E-state index contributed by atoms with van der Waals surface area (Å²) in [4.78, 5) is 38.2. The lowest BCUT2D eigenvalue weighted by Gasteiger charge is -2.62. The van der Waals surface area contributed by atoms with Gasteiger partial charge in [0.1, 0.15) is 6.10 Å². The Morgan fingerprint density at radius 3 is 2.18 bits per heavy atom. The molecule has 0 aromatic heterocycles. The predicted molar refractivity (Wildman–Crippen MR) is 140 cm³/mol. The largest absolute Gasteiger partial charge is 0.481 e. The summed E-state index contributed by atoms with van der Waals surface area (Å²) in [7, 11) is 0. The van der Waals surface area contributed by atoms with Gasteiger partial charge in [0.25, 0.3) is 0 Å². The van der Waals surface area contributed by atoms with Gasteiger partial charge in [0.2, 0.25) is 0 Å². The molecule has 0 aromatic carbocycles. The first-order valence-corrected chi connectivity index (χ1v) is 14.1. The van der Waals surface area contributed by atoms with Crippen molar-refractivity contribution in [2.24, 2.45) is 45.3 Å². The number of carbonyl (C=O) groups is 3. The molecule has 8 heteroatoms. The van der Waals surface area contributed by atoms with Crippen LogP contribution in [-0.4, -0.2) is 67.5 Å². The molecule has 0 bridgehead atoms. The molecule has 0 aromatic rings. The highest BCUT2D eigenvalue weighted by molar-refractivity contribution is 6.00. The van der Waals surface area contributed by atoms with Crippen molar-refractivity contribution in [3.05, 3.63) is 11.1 Å². The van der Waals surface area contributed by atoms with E-state index in [9.17, 15) is 39.9 Å². The Morgan fingerprint density at radius 2 is 1.61 bits per heavy atom. The number of ketones is 2. The van der Waals surface area contributed by atoms with Gasteiger partial charge in [-0.15, -0.1) is 0 Å². The number of hydrogen-bond donors (Lipinski definition) is 5. The van der Waals surface area contributed by atoms with Crippen molar-refractivity contribution in [2.45, 2.75) is 111 Å². The van der Waals surface area contributed by atoms with Crippen molar-refractivity contribution < 1.29 is 39.9 Å². The second-order valence-electron chi connectivity index (χ2n) is 14.2. The van der Waals surface area contributed by atoms with E-state index in [0.29, 0.717) is 36.8 Å². The lowest BCUT2D eigenvalue weighted by Crippen LogP contribution is -2.61. The van der Waals surface area contributed by atoms with Gasteiger partial charge < -0.3 is 25.5 Å². The first-order valence-electron chi connectivity index (χ1n) is 14.1. The third-order valence-corrected chi connectivity index (χ3v) is 12.0. The molecule has 11 atom stereocenters. The third kappa shape index (κ3) is 3.80. The molecule has 4 aliphatic carbocycles. The Hall–Kier alpha value is -1.61. The van der Waals surface area contributed by atoms with E-state index in [4.69, 9.17) is 0 Å². The molecule has 0 saturated heterocycles. The summed E-state index contributed by atoms with van der Waals surface area (Å²) in [5.74, 6) is -3.72. The fourth-order valence-corrected chi connectivity index (χ4v) is 9.37. The highest BCUT2D eigenvalue weighted by Gasteiger charge is 2.70. The van der Waals surface area contributed by atoms with Crippen molar-refractivity contribution in [1.82, 2.24) is 0 Å². The zero-order valence-electron chi connectivity index (χ0n) is 23.8. The molecule has 0 heterocycles. The smallest absolute Gasteiger partial charge is 0.309 e. The molecular weight excluding hydrogens is 488 g/mol. The molecule has 2 unspecified atom stereocenters. The number of aliphatic carboxylic acids is 1. The van der Waals surface area contributed by atoms with Gasteiger partial charge in [-0.1, -0.05) is 41.5 Å². The molecule has 4 rings (SSSR count). The van der Waals surface area contributed by atoms with Crippen LogP contribution < -0.4 is 0 Å². The maximum absolute atomic E-state index is 14.1. The highest BCUT2D eigenvalue weighted by Crippen LogP contribution is 2.71. The van der Waals surface area contributed by atoms with Gasteiger partial charge >= 0.3 is 5.97 Å². The lowest BCUT2D eigenvalue weighted by atomic mass is 9.42. The standard InChI is InChI=1S/C30H46O8/c1-14(10-18(32)25(36)15(2)26(37)38)16-11-22(35)30(7)24-17(31)12-20-27(3,4)21(34)8-9-28(20,5)23(24)19(33)13-29(16,30)6/h14-17,20-22,25,31,34-36H,8-13H2,1-7H3,(H,37,38)/t14-,15?,16-,17+,20+,21+,22+,25?,28+,29-,30+/m1/s1. The summed E-state index contributed by atoms with van der Waals surface area (Å²) in [6.45, 7) is 13.2. The second-order valence-corrected chi connectivity index (χ2v) is 14.2. The first kappa shape index (κ1) is 29.4. The summed E-state index contributed by atoms with van der Waals surface area (Å²) in [5.41, 5.74) is -1.35. The van der Waals surface area contributed by atoms with Crippen molar-refractivity contribution in [2.75, 3.05) is 0 Å². The number of aliphatic hydroxyl groups excluding tert-OH is 4. The zero-order valence-corrected chi connectivity index (χ0v) is 23.8. The fraction of sp³-hybridized carbons (Fsp3) is 0.833. The van der Waals surface area contributed by atoms with Crippen molar-refractivity contribution >= 4 is 17.5 Å². The van der Waals surface area contributed by atoms with Crippen LogP contribution in [0.15, 0.2) is 11.1 Å². The first-order chi connectivity index (χ1) is 17.4. The molecular formula is C30H46O8. The minimum absolute atomic E-state index is 0.0319. The minimum atomic E-state index is -1.62. The van der Waals surface area contributed by atoms with Gasteiger partial charge in [-0.25, -0.2) is 0 Å². The quantitative estimate of drug-likeness (QED) is 0.349.